The number of carbonyl (C=O) groups is 1. The lowest BCUT2D eigenvalue weighted by Gasteiger charge is -2.48. The Morgan fingerprint density at radius 2 is 2.26 bits per heavy atom. The van der Waals surface area contributed by atoms with Gasteiger partial charge in [0.05, 0.1) is 19.3 Å². The molecule has 0 radical (unpaired) electrons. The van der Waals surface area contributed by atoms with E-state index in [1.54, 1.807) is 11.3 Å². The predicted molar refractivity (Wildman–Crippen MR) is 89.5 cm³/mol. The van der Waals surface area contributed by atoms with Gasteiger partial charge in [-0.05, 0) is 41.9 Å². The molecule has 2 aliphatic rings. The van der Waals surface area contributed by atoms with Crippen molar-refractivity contribution in [2.45, 2.75) is 36.9 Å². The van der Waals surface area contributed by atoms with Crippen molar-refractivity contribution in [3.63, 3.8) is 0 Å². The zero-order valence-corrected chi connectivity index (χ0v) is 15.5. The van der Waals surface area contributed by atoms with Gasteiger partial charge < -0.3 is 19.5 Å². The van der Waals surface area contributed by atoms with Crippen molar-refractivity contribution in [1.29, 1.82) is 0 Å². The number of hydrogen-bond donors (Lipinski definition) is 1. The predicted octanol–water partition coefficient (Wildman–Crippen LogP) is 2.22. The minimum absolute atomic E-state index is 0.0674. The molecular formula is C15H21BrN2O4S. The number of ether oxygens (including phenoxy) is 3. The summed E-state index contributed by atoms with van der Waals surface area (Å²) in [5, 5.41) is 6.22. The molecule has 3 heterocycles. The standard InChI is InChI=1S/C15H21BrN2O4S/c1-20-12(19)8-22-15(13-18-11(16)9-23-13)4-7-21-14(10-15)2-5-17-6-3-14/h9,17H,2-8,10H2,1H3. The number of hydrogen-bond acceptors (Lipinski definition) is 7. The second-order valence-electron chi connectivity index (χ2n) is 6.04. The summed E-state index contributed by atoms with van der Waals surface area (Å²) >= 11 is 4.97. The van der Waals surface area contributed by atoms with Gasteiger partial charge in [-0.25, -0.2) is 9.78 Å². The SMILES string of the molecule is COC(=O)COC1(c2nc(Br)cs2)CCOC2(CCNCC2)C1. The Kier molecular flexibility index (Phi) is 5.37. The molecule has 0 bridgehead atoms. The first-order chi connectivity index (χ1) is 11.1. The van der Waals surface area contributed by atoms with Crippen LogP contribution in [0, 0.1) is 0 Å². The Labute approximate surface area is 148 Å². The highest BCUT2D eigenvalue weighted by Gasteiger charge is 2.50. The number of carbonyl (C=O) groups excluding carboxylic acids is 1. The second-order valence-corrected chi connectivity index (χ2v) is 7.71. The van der Waals surface area contributed by atoms with Gasteiger partial charge in [-0.3, -0.25) is 0 Å². The minimum Gasteiger partial charge on any atom is -0.467 e. The van der Waals surface area contributed by atoms with Crippen LogP contribution < -0.4 is 5.32 Å². The number of thiazole rings is 1. The van der Waals surface area contributed by atoms with Crippen LogP contribution >= 0.6 is 27.3 Å². The van der Waals surface area contributed by atoms with E-state index >= 15 is 0 Å². The van der Waals surface area contributed by atoms with Gasteiger partial charge in [0.25, 0.3) is 0 Å². The molecule has 1 N–H and O–H groups in total. The van der Waals surface area contributed by atoms with E-state index < -0.39 is 5.60 Å². The molecule has 0 aliphatic carbocycles. The van der Waals surface area contributed by atoms with E-state index in [4.69, 9.17) is 14.2 Å². The van der Waals surface area contributed by atoms with Crippen LogP contribution in [0.2, 0.25) is 0 Å². The average molecular weight is 405 g/mol. The highest BCUT2D eigenvalue weighted by Crippen LogP contribution is 2.47. The first-order valence-corrected chi connectivity index (χ1v) is 9.42. The summed E-state index contributed by atoms with van der Waals surface area (Å²) in [6, 6.07) is 0. The molecule has 1 atom stereocenters. The molecule has 2 fully saturated rings. The van der Waals surface area contributed by atoms with E-state index in [0.717, 1.165) is 42.0 Å². The van der Waals surface area contributed by atoms with Crippen molar-refractivity contribution in [3.8, 4) is 0 Å². The zero-order chi connectivity index (χ0) is 16.3. The zero-order valence-electron chi connectivity index (χ0n) is 13.1. The van der Waals surface area contributed by atoms with Crippen LogP contribution in [0.25, 0.3) is 0 Å². The third-order valence-electron chi connectivity index (χ3n) is 4.60. The van der Waals surface area contributed by atoms with Crippen molar-refractivity contribution in [2.24, 2.45) is 0 Å². The van der Waals surface area contributed by atoms with Gasteiger partial charge in [-0.15, -0.1) is 11.3 Å². The first-order valence-electron chi connectivity index (χ1n) is 7.75. The third-order valence-corrected chi connectivity index (χ3v) is 6.33. The lowest BCUT2D eigenvalue weighted by Crippen LogP contribution is -2.53. The largest absolute Gasteiger partial charge is 0.467 e. The van der Waals surface area contributed by atoms with Crippen LogP contribution in [0.15, 0.2) is 9.98 Å². The summed E-state index contributed by atoms with van der Waals surface area (Å²) in [7, 11) is 1.37. The fraction of sp³-hybridized carbons (Fsp3) is 0.733. The first kappa shape index (κ1) is 17.3. The molecular weight excluding hydrogens is 384 g/mol. The lowest BCUT2D eigenvalue weighted by atomic mass is 9.77. The maximum absolute atomic E-state index is 11.6. The highest BCUT2D eigenvalue weighted by atomic mass is 79.9. The molecule has 1 aromatic rings. The number of halogens is 1. The molecule has 2 aliphatic heterocycles. The van der Waals surface area contributed by atoms with Gasteiger partial charge >= 0.3 is 5.97 Å². The van der Waals surface area contributed by atoms with Crippen LogP contribution in [0.5, 0.6) is 0 Å². The Morgan fingerprint density at radius 1 is 1.48 bits per heavy atom. The van der Waals surface area contributed by atoms with E-state index in [-0.39, 0.29) is 18.2 Å². The van der Waals surface area contributed by atoms with Gasteiger partial charge in [-0.1, -0.05) is 0 Å². The molecule has 2 saturated heterocycles. The number of methoxy groups -OCH3 is 1. The fourth-order valence-electron chi connectivity index (χ4n) is 3.38. The van der Waals surface area contributed by atoms with Crippen LogP contribution in [-0.2, 0) is 24.6 Å². The molecule has 1 spiro atoms. The van der Waals surface area contributed by atoms with E-state index in [9.17, 15) is 4.79 Å². The van der Waals surface area contributed by atoms with Gasteiger partial charge in [0, 0.05) is 18.2 Å². The van der Waals surface area contributed by atoms with E-state index in [1.165, 1.54) is 7.11 Å². The second kappa shape index (κ2) is 7.14. The van der Waals surface area contributed by atoms with E-state index in [2.05, 4.69) is 26.2 Å². The van der Waals surface area contributed by atoms with Gasteiger partial charge in [-0.2, -0.15) is 0 Å². The van der Waals surface area contributed by atoms with Crippen LogP contribution in [0.3, 0.4) is 0 Å². The Bertz CT molecular complexity index is 556. The van der Waals surface area contributed by atoms with Gasteiger partial charge in [0.2, 0.25) is 0 Å². The molecule has 8 heteroatoms. The van der Waals surface area contributed by atoms with Gasteiger partial charge in [0.15, 0.2) is 0 Å². The molecule has 1 unspecified atom stereocenters. The van der Waals surface area contributed by atoms with Gasteiger partial charge in [0.1, 0.15) is 21.8 Å². The maximum Gasteiger partial charge on any atom is 0.331 e. The summed E-state index contributed by atoms with van der Waals surface area (Å²) in [4.78, 5) is 16.2. The summed E-state index contributed by atoms with van der Waals surface area (Å²) in [5.74, 6) is -0.370. The van der Waals surface area contributed by atoms with E-state index in [1.807, 2.05) is 5.38 Å². The topological polar surface area (TPSA) is 69.7 Å². The molecule has 128 valence electrons. The number of esters is 1. The lowest BCUT2D eigenvalue weighted by molar-refractivity contribution is -0.201. The Balaban J connectivity index is 1.86. The smallest absolute Gasteiger partial charge is 0.331 e. The number of rotatable bonds is 4. The Morgan fingerprint density at radius 3 is 2.91 bits per heavy atom. The van der Waals surface area contributed by atoms with Crippen LogP contribution in [0.4, 0.5) is 0 Å². The molecule has 23 heavy (non-hydrogen) atoms. The monoisotopic (exact) mass is 404 g/mol. The quantitative estimate of drug-likeness (QED) is 0.775. The summed E-state index contributed by atoms with van der Waals surface area (Å²) in [5.41, 5.74) is -0.780. The number of piperidine rings is 1. The molecule has 0 aromatic carbocycles. The van der Waals surface area contributed by atoms with Crippen molar-refractivity contribution in [1.82, 2.24) is 10.3 Å². The summed E-state index contributed by atoms with van der Waals surface area (Å²) in [6.07, 6.45) is 3.31. The van der Waals surface area contributed by atoms with E-state index in [0.29, 0.717) is 13.0 Å². The van der Waals surface area contributed by atoms with Crippen molar-refractivity contribution in [2.75, 3.05) is 33.4 Å². The third kappa shape index (κ3) is 3.76. The fourth-order valence-corrected chi connectivity index (χ4v) is 4.82. The Hall–Kier alpha value is -0.540. The highest BCUT2D eigenvalue weighted by molar-refractivity contribution is 9.10. The number of nitrogens with one attached hydrogen (secondary N) is 1. The average Bonchev–Trinajstić information content (AvgIpc) is 3.00. The number of nitrogens with zero attached hydrogens (tertiary/aromatic N) is 1. The molecule has 0 saturated carbocycles. The number of aromatic nitrogens is 1. The summed E-state index contributed by atoms with van der Waals surface area (Å²) in [6.45, 7) is 2.42. The molecule has 1 aromatic heterocycles. The van der Waals surface area contributed by atoms with Crippen molar-refractivity contribution in [3.05, 3.63) is 15.0 Å². The minimum atomic E-state index is -0.583. The normalized spacial score (nSPS) is 27.0. The molecule has 6 nitrogen and oxygen atoms in total. The van der Waals surface area contributed by atoms with Crippen LogP contribution in [-0.4, -0.2) is 50.0 Å². The summed E-state index contributed by atoms with van der Waals surface area (Å²) < 4.78 is 17.8. The maximum atomic E-state index is 11.6. The molecule has 0 amide bonds. The van der Waals surface area contributed by atoms with Crippen molar-refractivity contribution >= 4 is 33.2 Å². The molecule has 3 rings (SSSR count). The van der Waals surface area contributed by atoms with Crippen LogP contribution in [0.1, 0.15) is 30.7 Å². The van der Waals surface area contributed by atoms with Crippen molar-refractivity contribution < 1.29 is 19.0 Å².